The van der Waals surface area contributed by atoms with Gasteiger partial charge in [-0.25, -0.2) is 0 Å². The van der Waals surface area contributed by atoms with E-state index in [4.69, 9.17) is 0 Å². The number of hydrogen-bond donors (Lipinski definition) is 0. The van der Waals surface area contributed by atoms with Gasteiger partial charge in [0.15, 0.2) is 0 Å². The molecule has 5 aromatic carbocycles. The molecule has 0 aliphatic carbocycles. The predicted molar refractivity (Wildman–Crippen MR) is 153 cm³/mol. The Morgan fingerprint density at radius 3 is 1.67 bits per heavy atom. The highest BCUT2D eigenvalue weighted by molar-refractivity contribution is 6.24. The fraction of sp³-hybridized carbons (Fsp3) is 0.0606. The Morgan fingerprint density at radius 1 is 0.472 bits per heavy atom. The molecular weight excluding hydrogens is 440 g/mol. The quantitative estimate of drug-likeness (QED) is 0.240. The number of aromatic nitrogens is 2. The normalized spacial score (nSPS) is 11.7. The molecule has 0 aliphatic heterocycles. The Hall–Kier alpha value is -4.63. The Labute approximate surface area is 207 Å². The third kappa shape index (κ3) is 2.55. The van der Waals surface area contributed by atoms with E-state index in [0.717, 1.165) is 60.3 Å². The molecule has 3 heteroatoms. The molecule has 0 spiro atoms. The summed E-state index contributed by atoms with van der Waals surface area (Å²) in [5.74, 6) is 0. The first kappa shape index (κ1) is 20.7. The maximum absolute atomic E-state index is 14.5. The average molecular weight is 465 g/mol. The molecule has 0 aliphatic rings. The summed E-state index contributed by atoms with van der Waals surface area (Å²) < 4.78 is 4.25. The molecular formula is C33H24N2O. The lowest BCUT2D eigenvalue weighted by Crippen LogP contribution is -2.10. The molecule has 8 rings (SSSR count). The summed E-state index contributed by atoms with van der Waals surface area (Å²) >= 11 is 0. The van der Waals surface area contributed by atoms with E-state index >= 15 is 0 Å². The molecule has 0 saturated carbocycles. The van der Waals surface area contributed by atoms with Gasteiger partial charge in [0.05, 0.1) is 33.0 Å². The Kier molecular flexibility index (Phi) is 4.43. The Morgan fingerprint density at radius 2 is 1.00 bits per heavy atom. The van der Waals surface area contributed by atoms with Crippen LogP contribution in [0.1, 0.15) is 13.8 Å². The summed E-state index contributed by atoms with van der Waals surface area (Å²) in [7, 11) is 0. The van der Waals surface area contributed by atoms with Gasteiger partial charge in [-0.2, -0.15) is 0 Å². The van der Waals surface area contributed by atoms with Crippen molar-refractivity contribution in [2.75, 3.05) is 0 Å². The zero-order valence-corrected chi connectivity index (χ0v) is 20.2. The van der Waals surface area contributed by atoms with Gasteiger partial charge in [0.2, 0.25) is 0 Å². The van der Waals surface area contributed by atoms with E-state index in [1.807, 2.05) is 48.6 Å². The van der Waals surface area contributed by atoms with Crippen LogP contribution in [-0.2, 0) is 0 Å². The van der Waals surface area contributed by atoms with E-state index in [2.05, 4.69) is 83.3 Å². The van der Waals surface area contributed by atoms with Crippen molar-refractivity contribution in [3.8, 4) is 11.1 Å². The second-order valence-electron chi connectivity index (χ2n) is 8.93. The topological polar surface area (TPSA) is 25.9 Å². The summed E-state index contributed by atoms with van der Waals surface area (Å²) in [4.78, 5) is 14.5. The summed E-state index contributed by atoms with van der Waals surface area (Å²) in [5.41, 5.74) is 7.07. The highest BCUT2D eigenvalue weighted by Crippen LogP contribution is 2.39. The summed E-state index contributed by atoms with van der Waals surface area (Å²) in [6.07, 6.45) is 0. The largest absolute Gasteiger partial charge is 0.306 e. The highest BCUT2D eigenvalue weighted by Gasteiger charge is 2.22. The zero-order valence-electron chi connectivity index (χ0n) is 20.2. The fourth-order valence-corrected chi connectivity index (χ4v) is 5.88. The molecule has 3 nitrogen and oxygen atoms in total. The molecule has 0 atom stereocenters. The Bertz CT molecular complexity index is 2130. The summed E-state index contributed by atoms with van der Waals surface area (Å²) in [5, 5.41) is 5.30. The third-order valence-electron chi connectivity index (χ3n) is 7.25. The van der Waals surface area contributed by atoms with Crippen LogP contribution in [0.25, 0.3) is 65.6 Å². The average Bonchev–Trinajstić information content (AvgIpc) is 3.43. The lowest BCUT2D eigenvalue weighted by molar-refractivity contribution is 1.22. The van der Waals surface area contributed by atoms with Crippen molar-refractivity contribution in [1.82, 2.24) is 8.80 Å². The minimum Gasteiger partial charge on any atom is -0.306 e. The number of fused-ring (bicyclic) bond motifs is 8. The molecule has 0 fully saturated rings. The number of hydrogen-bond acceptors (Lipinski definition) is 1. The smallest absolute Gasteiger partial charge is 0.265 e. The van der Waals surface area contributed by atoms with E-state index in [-0.39, 0.29) is 5.56 Å². The number of para-hydroxylation sites is 2. The van der Waals surface area contributed by atoms with Crippen molar-refractivity contribution >= 4 is 54.5 Å². The second kappa shape index (κ2) is 7.69. The van der Waals surface area contributed by atoms with Crippen molar-refractivity contribution in [3.05, 3.63) is 120 Å². The molecule has 3 aromatic heterocycles. The van der Waals surface area contributed by atoms with Gasteiger partial charge >= 0.3 is 0 Å². The fourth-order valence-electron chi connectivity index (χ4n) is 5.88. The lowest BCUT2D eigenvalue weighted by Gasteiger charge is -2.06. The van der Waals surface area contributed by atoms with E-state index in [0.29, 0.717) is 0 Å². The maximum Gasteiger partial charge on any atom is 0.265 e. The molecule has 0 amide bonds. The number of benzene rings is 5. The monoisotopic (exact) mass is 464 g/mol. The van der Waals surface area contributed by atoms with Crippen molar-refractivity contribution in [3.63, 3.8) is 0 Å². The third-order valence-corrected chi connectivity index (χ3v) is 7.25. The minimum absolute atomic E-state index is 0.0148. The lowest BCUT2D eigenvalue weighted by atomic mass is 10.0. The molecule has 3 heterocycles. The van der Waals surface area contributed by atoms with Crippen LogP contribution >= 0.6 is 0 Å². The van der Waals surface area contributed by atoms with Crippen molar-refractivity contribution < 1.29 is 0 Å². The molecule has 172 valence electrons. The van der Waals surface area contributed by atoms with E-state index in [9.17, 15) is 4.79 Å². The van der Waals surface area contributed by atoms with Gasteiger partial charge < -0.3 is 4.40 Å². The van der Waals surface area contributed by atoms with Crippen LogP contribution in [0, 0.1) is 0 Å². The first-order chi connectivity index (χ1) is 17.8. The highest BCUT2D eigenvalue weighted by atomic mass is 16.1. The molecule has 0 N–H and O–H groups in total. The zero-order chi connectivity index (χ0) is 24.4. The molecule has 0 radical (unpaired) electrons. The first-order valence-corrected chi connectivity index (χ1v) is 12.5. The van der Waals surface area contributed by atoms with Crippen LogP contribution in [0.2, 0.25) is 0 Å². The van der Waals surface area contributed by atoms with E-state index in [1.165, 1.54) is 5.39 Å². The van der Waals surface area contributed by atoms with Gasteiger partial charge in [-0.15, -0.1) is 0 Å². The second-order valence-corrected chi connectivity index (χ2v) is 8.93. The van der Waals surface area contributed by atoms with Gasteiger partial charge in [-0.3, -0.25) is 9.20 Å². The van der Waals surface area contributed by atoms with Gasteiger partial charge in [0.1, 0.15) is 0 Å². The summed E-state index contributed by atoms with van der Waals surface area (Å²) in [6.45, 7) is 4.00. The molecule has 0 saturated heterocycles. The number of rotatable bonds is 1. The predicted octanol–water partition coefficient (Wildman–Crippen LogP) is 8.30. The summed E-state index contributed by atoms with van der Waals surface area (Å²) in [6, 6.07) is 37.5. The van der Waals surface area contributed by atoms with Gasteiger partial charge in [-0.05, 0) is 29.3 Å². The van der Waals surface area contributed by atoms with Gasteiger partial charge in [0, 0.05) is 21.5 Å². The van der Waals surface area contributed by atoms with E-state index in [1.54, 1.807) is 0 Å². The van der Waals surface area contributed by atoms with E-state index < -0.39 is 0 Å². The van der Waals surface area contributed by atoms with Crippen molar-refractivity contribution in [2.24, 2.45) is 0 Å². The van der Waals surface area contributed by atoms with Crippen molar-refractivity contribution in [1.29, 1.82) is 0 Å². The first-order valence-electron chi connectivity index (χ1n) is 12.5. The van der Waals surface area contributed by atoms with Crippen LogP contribution in [0.3, 0.4) is 0 Å². The standard InChI is InChI=1S/C31H18N2O.C2H6/c34-31-28-20(19-9-2-1-3-10-19)13-8-16-27(28)32-25-14-6-4-11-21(25)23-17-18-24-22-12-5-7-15-26(22)33(31)30(24)29(23)32;1-2/h1-18H;1-2H3. The van der Waals surface area contributed by atoms with Crippen LogP contribution in [0.4, 0.5) is 0 Å². The molecule has 8 aromatic rings. The number of nitrogens with zero attached hydrogens (tertiary/aromatic N) is 2. The SMILES string of the molecule is CC.O=c1c2c(-c3ccccc3)cccc2n2c3ccccc3c3ccc4c5ccccc5n1c4c32. The molecule has 0 unspecified atom stereocenters. The molecule has 0 bridgehead atoms. The van der Waals surface area contributed by atoms with Crippen LogP contribution in [0.15, 0.2) is 114 Å². The Balaban J connectivity index is 0.00000108. The maximum atomic E-state index is 14.5. The minimum atomic E-state index is 0.0148. The van der Waals surface area contributed by atoms with Crippen molar-refractivity contribution in [2.45, 2.75) is 13.8 Å². The van der Waals surface area contributed by atoms with Crippen LogP contribution in [-0.4, -0.2) is 8.80 Å². The molecule has 36 heavy (non-hydrogen) atoms. The van der Waals surface area contributed by atoms with Gasteiger partial charge in [-0.1, -0.05) is 105 Å². The van der Waals surface area contributed by atoms with Crippen LogP contribution < -0.4 is 5.56 Å². The van der Waals surface area contributed by atoms with Gasteiger partial charge in [0.25, 0.3) is 5.56 Å². The van der Waals surface area contributed by atoms with Crippen LogP contribution in [0.5, 0.6) is 0 Å².